The highest BCUT2D eigenvalue weighted by Crippen LogP contribution is 2.39. The summed E-state index contributed by atoms with van der Waals surface area (Å²) < 4.78 is 15.4. The van der Waals surface area contributed by atoms with Crippen LogP contribution < -0.4 is 22.1 Å². The van der Waals surface area contributed by atoms with Crippen molar-refractivity contribution in [1.29, 1.82) is 0 Å². The van der Waals surface area contributed by atoms with Crippen molar-refractivity contribution in [2.45, 2.75) is 76.2 Å². The summed E-state index contributed by atoms with van der Waals surface area (Å²) >= 11 is 0. The van der Waals surface area contributed by atoms with Crippen LogP contribution in [0, 0.1) is 0 Å². The van der Waals surface area contributed by atoms with Crippen molar-refractivity contribution < 1.29 is 24.2 Å². The molecule has 0 bridgehead atoms. The fourth-order valence-electron chi connectivity index (χ4n) is 8.37. The summed E-state index contributed by atoms with van der Waals surface area (Å²) in [6.07, 6.45) is 2.37. The molecule has 2 saturated heterocycles. The van der Waals surface area contributed by atoms with Gasteiger partial charge in [-0.05, 0) is 83.5 Å². The first kappa shape index (κ1) is 40.7. The van der Waals surface area contributed by atoms with Gasteiger partial charge in [-0.2, -0.15) is 0 Å². The number of nitrogens with two attached hydrogens (primary N) is 1. The lowest BCUT2D eigenvalue weighted by Crippen LogP contribution is -2.43. The minimum absolute atomic E-state index is 0.0205. The zero-order chi connectivity index (χ0) is 41.4. The number of imidazole rings is 1. The number of hydrogen-bond donors (Lipinski definition) is 5. The summed E-state index contributed by atoms with van der Waals surface area (Å²) in [4.78, 5) is 43.4. The van der Waals surface area contributed by atoms with Crippen LogP contribution in [0.3, 0.4) is 0 Å². The molecule has 3 heterocycles. The predicted octanol–water partition coefficient (Wildman–Crippen LogP) is 7.38. The first-order valence-electron chi connectivity index (χ1n) is 20.8. The number of fused-ring (bicyclic) bond motifs is 1. The normalized spacial score (nSPS) is 18.6. The van der Waals surface area contributed by atoms with Crippen LogP contribution >= 0.6 is 0 Å². The molecule has 60 heavy (non-hydrogen) atoms. The Hall–Kier alpha value is -6.05. The van der Waals surface area contributed by atoms with E-state index in [-0.39, 0.29) is 55.2 Å². The van der Waals surface area contributed by atoms with E-state index in [1.54, 1.807) is 18.2 Å². The zero-order valence-corrected chi connectivity index (χ0v) is 33.6. The Bertz CT molecular complexity index is 2470. The van der Waals surface area contributed by atoms with E-state index in [1.165, 1.54) is 0 Å². The fourth-order valence-corrected chi connectivity index (χ4v) is 8.37. The van der Waals surface area contributed by atoms with Gasteiger partial charge in [-0.3, -0.25) is 14.2 Å². The second-order valence-corrected chi connectivity index (χ2v) is 15.8. The quantitative estimate of drug-likeness (QED) is 0.0712. The molecule has 6 N–H and O–H groups in total. The fraction of sp³-hybridized carbons (Fsp3) is 0.312. The van der Waals surface area contributed by atoms with Gasteiger partial charge >= 0.3 is 5.69 Å². The molecular formula is C48H52N6O6. The van der Waals surface area contributed by atoms with Crippen molar-refractivity contribution in [1.82, 2.24) is 19.8 Å². The van der Waals surface area contributed by atoms with Gasteiger partial charge in [0.1, 0.15) is 0 Å². The number of hydrogen-bond acceptors (Lipinski definition) is 8. The molecule has 12 heteroatoms. The number of rotatable bonds is 14. The number of aromatic nitrogens is 2. The molecule has 8 rings (SSSR count). The maximum atomic E-state index is 12.9. The third-order valence-corrected chi connectivity index (χ3v) is 11.6. The highest BCUT2D eigenvalue weighted by Gasteiger charge is 2.34. The highest BCUT2D eigenvalue weighted by atomic mass is 16.7. The number of aliphatic hydroxyl groups excluding tert-OH is 1. The number of ether oxygens (including phenoxy) is 2. The van der Waals surface area contributed by atoms with Gasteiger partial charge in [-0.15, -0.1) is 0 Å². The molecule has 0 spiro atoms. The Balaban J connectivity index is 0.900. The number of para-hydroxylation sites is 4. The molecule has 1 aromatic heterocycles. The lowest BCUT2D eigenvalue weighted by Gasteiger charge is -2.40. The van der Waals surface area contributed by atoms with Crippen molar-refractivity contribution in [3.63, 3.8) is 0 Å². The summed E-state index contributed by atoms with van der Waals surface area (Å²) in [7, 11) is 0. The molecule has 3 atom stereocenters. The number of carbonyl (C=O) groups is 2. The number of anilines is 2. The molecule has 0 aliphatic carbocycles. The van der Waals surface area contributed by atoms with E-state index in [4.69, 9.17) is 15.2 Å². The van der Waals surface area contributed by atoms with E-state index >= 15 is 0 Å². The van der Waals surface area contributed by atoms with Gasteiger partial charge in [0, 0.05) is 57.0 Å². The van der Waals surface area contributed by atoms with Gasteiger partial charge in [-0.25, -0.2) is 4.79 Å². The molecule has 0 radical (unpaired) electrons. The molecule has 0 unspecified atom stereocenters. The molecule has 5 aromatic carbocycles. The Labute approximate surface area is 349 Å². The molecule has 2 aliphatic heterocycles. The van der Waals surface area contributed by atoms with E-state index in [0.717, 1.165) is 76.9 Å². The largest absolute Gasteiger partial charge is 0.397 e. The van der Waals surface area contributed by atoms with Gasteiger partial charge in [0.25, 0.3) is 0 Å². The number of nitrogens with zero attached hydrogens (tertiary/aromatic N) is 2. The van der Waals surface area contributed by atoms with Gasteiger partial charge in [0.05, 0.1) is 41.2 Å². The number of aromatic amines is 1. The number of aliphatic hydroxyl groups is 1. The third kappa shape index (κ3) is 9.86. The SMILES string of the molecule is Nc1ccccc1NC(=O)CCCC(=O)NCc1cccc(-c2cccc([C@@H]3O[C@H](CN4CCC(n5c(=O)[nH]c6ccccc65)CC4)C[C@H](c4ccc(CO)cc4)O3)c2)c1. The van der Waals surface area contributed by atoms with Crippen LogP contribution in [-0.2, 0) is 32.2 Å². The van der Waals surface area contributed by atoms with Crippen LogP contribution in [0.25, 0.3) is 22.2 Å². The maximum absolute atomic E-state index is 12.9. The minimum atomic E-state index is -0.608. The molecule has 6 aromatic rings. The summed E-state index contributed by atoms with van der Waals surface area (Å²) in [5, 5.41) is 15.5. The van der Waals surface area contributed by atoms with E-state index in [0.29, 0.717) is 30.8 Å². The molecule has 310 valence electrons. The van der Waals surface area contributed by atoms with Crippen LogP contribution in [0.5, 0.6) is 0 Å². The first-order valence-corrected chi connectivity index (χ1v) is 20.8. The van der Waals surface area contributed by atoms with Gasteiger partial charge in [0.15, 0.2) is 6.29 Å². The van der Waals surface area contributed by atoms with E-state index < -0.39 is 6.29 Å². The van der Waals surface area contributed by atoms with Gasteiger partial charge < -0.3 is 40.8 Å². The van der Waals surface area contributed by atoms with E-state index in [9.17, 15) is 19.5 Å². The van der Waals surface area contributed by atoms with Crippen LogP contribution in [0.2, 0.25) is 0 Å². The number of H-pyrrole nitrogens is 1. The van der Waals surface area contributed by atoms with Crippen LogP contribution in [0.1, 0.15) is 79.2 Å². The maximum Gasteiger partial charge on any atom is 0.326 e. The predicted molar refractivity (Wildman–Crippen MR) is 233 cm³/mol. The van der Waals surface area contributed by atoms with Crippen molar-refractivity contribution in [2.75, 3.05) is 30.7 Å². The highest BCUT2D eigenvalue weighted by molar-refractivity contribution is 5.94. The lowest BCUT2D eigenvalue weighted by molar-refractivity contribution is -0.253. The lowest BCUT2D eigenvalue weighted by atomic mass is 9.97. The molecular weight excluding hydrogens is 757 g/mol. The van der Waals surface area contributed by atoms with Crippen molar-refractivity contribution in [2.24, 2.45) is 0 Å². The average Bonchev–Trinajstić information content (AvgIpc) is 3.62. The van der Waals surface area contributed by atoms with Crippen LogP contribution in [0.15, 0.2) is 126 Å². The number of piperidine rings is 1. The van der Waals surface area contributed by atoms with Crippen molar-refractivity contribution >= 4 is 34.2 Å². The second-order valence-electron chi connectivity index (χ2n) is 15.8. The Morgan fingerprint density at radius 2 is 1.52 bits per heavy atom. The topological polar surface area (TPSA) is 164 Å². The zero-order valence-electron chi connectivity index (χ0n) is 33.6. The van der Waals surface area contributed by atoms with Gasteiger partial charge in [-0.1, -0.05) is 84.9 Å². The molecule has 0 saturated carbocycles. The summed E-state index contributed by atoms with van der Waals surface area (Å²) in [5.74, 6) is -0.300. The Kier molecular flexibility index (Phi) is 12.8. The Morgan fingerprint density at radius 1 is 0.783 bits per heavy atom. The number of likely N-dealkylation sites (tertiary alicyclic amines) is 1. The molecule has 12 nitrogen and oxygen atoms in total. The smallest absolute Gasteiger partial charge is 0.326 e. The third-order valence-electron chi connectivity index (χ3n) is 11.6. The van der Waals surface area contributed by atoms with Crippen LogP contribution in [0.4, 0.5) is 11.4 Å². The number of amides is 2. The monoisotopic (exact) mass is 808 g/mol. The standard InChI is InChI=1S/C48H52N6O6/c49-40-12-1-2-13-41(40)51-46(57)17-7-16-45(56)50-29-33-8-5-9-35(26-33)36-10-6-11-37(27-36)47-59-39(28-44(60-47)34-20-18-32(31-55)19-21-34)30-53-24-22-38(23-25-53)54-43-15-4-3-14-42(43)52-48(54)58/h1-6,8-15,18-21,26-27,38-39,44,47,55H,7,16-17,22-25,28-31,49H2,(H,50,56)(H,51,57)(H,52,58)/t39-,44+,47+/m0/s1. The number of carbonyl (C=O) groups excluding carboxylic acids is 2. The number of nitrogen functional groups attached to an aromatic ring is 1. The summed E-state index contributed by atoms with van der Waals surface area (Å²) in [5.41, 5.74) is 14.5. The second kappa shape index (κ2) is 18.9. The molecule has 2 amide bonds. The number of nitrogens with one attached hydrogen (secondary N) is 3. The minimum Gasteiger partial charge on any atom is -0.397 e. The van der Waals surface area contributed by atoms with E-state index in [1.807, 2.05) is 89.5 Å². The first-order chi connectivity index (χ1) is 29.3. The van der Waals surface area contributed by atoms with Crippen LogP contribution in [-0.4, -0.2) is 57.1 Å². The molecule has 2 aliphatic rings. The summed E-state index contributed by atoms with van der Waals surface area (Å²) in [6.45, 7) is 2.79. The average molecular weight is 809 g/mol. The van der Waals surface area contributed by atoms with E-state index in [2.05, 4.69) is 38.7 Å². The van der Waals surface area contributed by atoms with Crippen molar-refractivity contribution in [3.8, 4) is 11.1 Å². The molecule has 2 fully saturated rings. The number of benzene rings is 5. The Morgan fingerprint density at radius 3 is 2.32 bits per heavy atom. The van der Waals surface area contributed by atoms with Gasteiger partial charge in [0.2, 0.25) is 11.8 Å². The summed E-state index contributed by atoms with van der Waals surface area (Å²) in [6, 6.07) is 39.3. The van der Waals surface area contributed by atoms with Crippen molar-refractivity contribution in [3.05, 3.63) is 154 Å².